The van der Waals surface area contributed by atoms with Gasteiger partial charge in [-0.1, -0.05) is 20.3 Å². The Balaban J connectivity index is 3.57. The van der Waals surface area contributed by atoms with E-state index in [9.17, 15) is 4.79 Å². The van der Waals surface area contributed by atoms with E-state index in [1.54, 1.807) is 7.11 Å². The van der Waals surface area contributed by atoms with Crippen LogP contribution in [0.5, 0.6) is 0 Å². The summed E-state index contributed by atoms with van der Waals surface area (Å²) in [6.45, 7) is 8.49. The SMILES string of the molecule is CCC(C)CNC(C)C(=O)NCCCOC. The number of ether oxygens (including phenoxy) is 1. The summed E-state index contributed by atoms with van der Waals surface area (Å²) in [6, 6.07) is -0.114. The molecule has 0 saturated heterocycles. The van der Waals surface area contributed by atoms with Gasteiger partial charge in [-0.05, 0) is 25.8 Å². The Morgan fingerprint density at radius 3 is 2.62 bits per heavy atom. The highest BCUT2D eigenvalue weighted by molar-refractivity contribution is 5.81. The standard InChI is InChI=1S/C12H26N2O2/c1-5-10(2)9-14-11(3)12(15)13-7-6-8-16-4/h10-11,14H,5-9H2,1-4H3,(H,13,15). The number of carbonyl (C=O) groups is 1. The van der Waals surface area contributed by atoms with Crippen LogP contribution in [0.3, 0.4) is 0 Å². The van der Waals surface area contributed by atoms with Gasteiger partial charge in [-0.2, -0.15) is 0 Å². The fraction of sp³-hybridized carbons (Fsp3) is 0.917. The molecule has 16 heavy (non-hydrogen) atoms. The van der Waals surface area contributed by atoms with Gasteiger partial charge in [0, 0.05) is 20.3 Å². The van der Waals surface area contributed by atoms with Gasteiger partial charge < -0.3 is 15.4 Å². The van der Waals surface area contributed by atoms with Gasteiger partial charge in [0.1, 0.15) is 0 Å². The summed E-state index contributed by atoms with van der Waals surface area (Å²) in [5.74, 6) is 0.683. The van der Waals surface area contributed by atoms with Crippen molar-refractivity contribution in [2.24, 2.45) is 5.92 Å². The second kappa shape index (κ2) is 9.60. The number of amides is 1. The van der Waals surface area contributed by atoms with Gasteiger partial charge in [-0.15, -0.1) is 0 Å². The molecule has 2 atom stereocenters. The van der Waals surface area contributed by atoms with E-state index in [0.29, 0.717) is 19.1 Å². The Labute approximate surface area is 99.1 Å². The average molecular weight is 230 g/mol. The van der Waals surface area contributed by atoms with Gasteiger partial charge in [0.2, 0.25) is 5.91 Å². The van der Waals surface area contributed by atoms with Crippen molar-refractivity contribution in [1.29, 1.82) is 0 Å². The Morgan fingerprint density at radius 2 is 2.06 bits per heavy atom. The van der Waals surface area contributed by atoms with Gasteiger partial charge in [0.05, 0.1) is 6.04 Å². The summed E-state index contributed by atoms with van der Waals surface area (Å²) >= 11 is 0. The minimum absolute atomic E-state index is 0.0689. The summed E-state index contributed by atoms with van der Waals surface area (Å²) < 4.78 is 4.91. The van der Waals surface area contributed by atoms with E-state index in [2.05, 4.69) is 24.5 Å². The van der Waals surface area contributed by atoms with Crippen molar-refractivity contribution in [3.63, 3.8) is 0 Å². The van der Waals surface area contributed by atoms with Gasteiger partial charge in [0.15, 0.2) is 0 Å². The molecule has 1 amide bonds. The van der Waals surface area contributed by atoms with Crippen LogP contribution in [0.1, 0.15) is 33.6 Å². The predicted octanol–water partition coefficient (Wildman–Crippen LogP) is 1.16. The minimum atomic E-state index is -0.114. The summed E-state index contributed by atoms with van der Waals surface area (Å²) in [4.78, 5) is 11.6. The molecule has 0 aromatic rings. The first-order chi connectivity index (χ1) is 7.61. The molecular weight excluding hydrogens is 204 g/mol. The first-order valence-electron chi connectivity index (χ1n) is 6.11. The molecule has 0 rings (SSSR count). The smallest absolute Gasteiger partial charge is 0.236 e. The highest BCUT2D eigenvalue weighted by atomic mass is 16.5. The van der Waals surface area contributed by atoms with Crippen molar-refractivity contribution in [3.05, 3.63) is 0 Å². The maximum absolute atomic E-state index is 11.6. The summed E-state index contributed by atoms with van der Waals surface area (Å²) in [6.07, 6.45) is 2.00. The number of carbonyl (C=O) groups excluding carboxylic acids is 1. The largest absolute Gasteiger partial charge is 0.385 e. The monoisotopic (exact) mass is 230 g/mol. The minimum Gasteiger partial charge on any atom is -0.385 e. The lowest BCUT2D eigenvalue weighted by Crippen LogP contribution is -2.43. The van der Waals surface area contributed by atoms with Gasteiger partial charge in [-0.25, -0.2) is 0 Å². The van der Waals surface area contributed by atoms with E-state index in [4.69, 9.17) is 4.74 Å². The molecule has 0 radical (unpaired) electrons. The van der Waals surface area contributed by atoms with Crippen molar-refractivity contribution in [3.8, 4) is 0 Å². The van der Waals surface area contributed by atoms with E-state index >= 15 is 0 Å². The van der Waals surface area contributed by atoms with Gasteiger partial charge in [0.25, 0.3) is 0 Å². The van der Waals surface area contributed by atoms with Gasteiger partial charge in [-0.3, -0.25) is 4.79 Å². The van der Waals surface area contributed by atoms with Crippen LogP contribution in [0.25, 0.3) is 0 Å². The Bertz CT molecular complexity index is 186. The molecule has 0 bridgehead atoms. The molecule has 0 fully saturated rings. The molecule has 0 aliphatic rings. The van der Waals surface area contributed by atoms with Crippen molar-refractivity contribution in [1.82, 2.24) is 10.6 Å². The second-order valence-corrected chi connectivity index (χ2v) is 4.28. The predicted molar refractivity (Wildman–Crippen MR) is 66.4 cm³/mol. The topological polar surface area (TPSA) is 50.4 Å². The third kappa shape index (κ3) is 7.65. The third-order valence-electron chi connectivity index (χ3n) is 2.69. The normalized spacial score (nSPS) is 14.5. The Hall–Kier alpha value is -0.610. The lowest BCUT2D eigenvalue weighted by Gasteiger charge is -2.16. The summed E-state index contributed by atoms with van der Waals surface area (Å²) in [7, 11) is 1.66. The number of hydrogen-bond donors (Lipinski definition) is 2. The van der Waals surface area contributed by atoms with Crippen LogP contribution in [0.15, 0.2) is 0 Å². The second-order valence-electron chi connectivity index (χ2n) is 4.28. The molecule has 4 nitrogen and oxygen atoms in total. The van der Waals surface area contributed by atoms with Crippen molar-refractivity contribution in [2.75, 3.05) is 26.8 Å². The molecule has 0 heterocycles. The van der Waals surface area contributed by atoms with Crippen LogP contribution in [-0.2, 0) is 9.53 Å². The maximum Gasteiger partial charge on any atom is 0.236 e. The quantitative estimate of drug-likeness (QED) is 0.584. The highest BCUT2D eigenvalue weighted by Gasteiger charge is 2.11. The molecule has 0 aromatic heterocycles. The van der Waals surface area contributed by atoms with Gasteiger partial charge >= 0.3 is 0 Å². The van der Waals surface area contributed by atoms with Crippen LogP contribution in [0, 0.1) is 5.92 Å². The van der Waals surface area contributed by atoms with E-state index in [1.807, 2.05) is 6.92 Å². The molecule has 2 unspecified atom stereocenters. The molecule has 4 heteroatoms. The van der Waals surface area contributed by atoms with E-state index < -0.39 is 0 Å². The Morgan fingerprint density at radius 1 is 1.38 bits per heavy atom. The lowest BCUT2D eigenvalue weighted by molar-refractivity contribution is -0.122. The van der Waals surface area contributed by atoms with Crippen molar-refractivity contribution >= 4 is 5.91 Å². The lowest BCUT2D eigenvalue weighted by atomic mass is 10.1. The van der Waals surface area contributed by atoms with Crippen LogP contribution in [-0.4, -0.2) is 38.8 Å². The molecule has 0 aromatic carbocycles. The third-order valence-corrected chi connectivity index (χ3v) is 2.69. The summed E-state index contributed by atoms with van der Waals surface area (Å²) in [5, 5.41) is 6.11. The number of hydrogen-bond acceptors (Lipinski definition) is 3. The van der Waals surface area contributed by atoms with E-state index in [-0.39, 0.29) is 11.9 Å². The number of methoxy groups -OCH3 is 1. The van der Waals surface area contributed by atoms with Crippen LogP contribution in [0.4, 0.5) is 0 Å². The number of nitrogens with one attached hydrogen (secondary N) is 2. The molecule has 96 valence electrons. The number of rotatable bonds is 9. The Kier molecular flexibility index (Phi) is 9.24. The first-order valence-corrected chi connectivity index (χ1v) is 6.11. The molecule has 2 N–H and O–H groups in total. The average Bonchev–Trinajstić information content (AvgIpc) is 2.30. The van der Waals surface area contributed by atoms with E-state index in [0.717, 1.165) is 19.4 Å². The molecule has 0 spiro atoms. The van der Waals surface area contributed by atoms with Crippen molar-refractivity contribution in [2.45, 2.75) is 39.7 Å². The van der Waals surface area contributed by atoms with Crippen LogP contribution < -0.4 is 10.6 Å². The zero-order valence-corrected chi connectivity index (χ0v) is 11.0. The molecule has 0 saturated carbocycles. The molecule has 0 aliphatic carbocycles. The fourth-order valence-electron chi connectivity index (χ4n) is 1.20. The van der Waals surface area contributed by atoms with Crippen LogP contribution >= 0.6 is 0 Å². The first kappa shape index (κ1) is 15.4. The zero-order valence-electron chi connectivity index (χ0n) is 11.0. The van der Waals surface area contributed by atoms with Crippen molar-refractivity contribution < 1.29 is 9.53 Å². The summed E-state index contributed by atoms with van der Waals surface area (Å²) in [5.41, 5.74) is 0. The maximum atomic E-state index is 11.6. The molecular formula is C12H26N2O2. The van der Waals surface area contributed by atoms with E-state index in [1.165, 1.54) is 0 Å². The highest BCUT2D eigenvalue weighted by Crippen LogP contribution is 1.98. The van der Waals surface area contributed by atoms with Crippen LogP contribution in [0.2, 0.25) is 0 Å². The molecule has 0 aliphatic heterocycles. The zero-order chi connectivity index (χ0) is 12.4. The fourth-order valence-corrected chi connectivity index (χ4v) is 1.20.